The van der Waals surface area contributed by atoms with Crippen molar-refractivity contribution in [1.82, 2.24) is 14.9 Å². The lowest BCUT2D eigenvalue weighted by atomic mass is 10.0. The number of aromatic nitrogens is 2. The van der Waals surface area contributed by atoms with Crippen LogP contribution in [0.3, 0.4) is 0 Å². The summed E-state index contributed by atoms with van der Waals surface area (Å²) in [6, 6.07) is 0.433. The lowest BCUT2D eigenvalue weighted by molar-refractivity contribution is -0.132. The Morgan fingerprint density at radius 3 is 3.12 bits per heavy atom. The van der Waals surface area contributed by atoms with E-state index in [4.69, 9.17) is 0 Å². The van der Waals surface area contributed by atoms with E-state index in [1.807, 2.05) is 11.3 Å². The van der Waals surface area contributed by atoms with Gasteiger partial charge in [0.15, 0.2) is 0 Å². The summed E-state index contributed by atoms with van der Waals surface area (Å²) in [5.41, 5.74) is 1.44. The van der Waals surface area contributed by atoms with Crippen LogP contribution in [0.4, 0.5) is 0 Å². The number of thiophene rings is 1. The Labute approximate surface area is 151 Å². The monoisotopic (exact) mass is 361 g/mol. The van der Waals surface area contributed by atoms with Crippen molar-refractivity contribution in [1.29, 1.82) is 0 Å². The van der Waals surface area contributed by atoms with Crippen molar-refractivity contribution in [2.75, 3.05) is 12.3 Å². The Morgan fingerprint density at radius 1 is 1.33 bits per heavy atom. The lowest BCUT2D eigenvalue weighted by Crippen LogP contribution is -2.44. The third-order valence-corrected chi connectivity index (χ3v) is 7.39. The third kappa shape index (κ3) is 2.94. The molecule has 0 N–H and O–H groups in total. The van der Waals surface area contributed by atoms with E-state index in [9.17, 15) is 4.79 Å². The van der Waals surface area contributed by atoms with Crippen LogP contribution >= 0.6 is 23.1 Å². The van der Waals surface area contributed by atoms with E-state index in [2.05, 4.69) is 21.8 Å². The maximum absolute atomic E-state index is 12.7. The molecule has 2 aliphatic rings. The van der Waals surface area contributed by atoms with Gasteiger partial charge >= 0.3 is 0 Å². The highest BCUT2D eigenvalue weighted by Crippen LogP contribution is 2.40. The van der Waals surface area contributed by atoms with Gasteiger partial charge in [-0.1, -0.05) is 18.7 Å². The minimum atomic E-state index is 0.269. The molecule has 0 spiro atoms. The molecule has 1 fully saturated rings. The minimum absolute atomic E-state index is 0.269. The predicted octanol–water partition coefficient (Wildman–Crippen LogP) is 4.06. The number of nitrogens with zero attached hydrogens (tertiary/aromatic N) is 3. The number of hydrogen-bond acceptors (Lipinski definition) is 5. The topological polar surface area (TPSA) is 46.1 Å². The molecule has 2 aromatic rings. The van der Waals surface area contributed by atoms with Gasteiger partial charge in [0, 0.05) is 22.8 Å². The Kier molecular flexibility index (Phi) is 4.77. The molecular weight excluding hydrogens is 338 g/mol. The molecule has 0 aromatic carbocycles. The van der Waals surface area contributed by atoms with Crippen LogP contribution in [0.2, 0.25) is 0 Å². The van der Waals surface area contributed by atoms with E-state index in [1.54, 1.807) is 18.1 Å². The Balaban J connectivity index is 1.52. The summed E-state index contributed by atoms with van der Waals surface area (Å²) >= 11 is 3.41. The standard InChI is InChI=1S/C18H23N3OS2/c1-2-12-6-3-4-9-21(12)15(22)10-23-17-16-13-7-5-8-14(13)24-18(16)20-11-19-17/h11-12H,2-10H2,1H3. The van der Waals surface area contributed by atoms with Gasteiger partial charge in [-0.25, -0.2) is 9.97 Å². The van der Waals surface area contributed by atoms with Crippen molar-refractivity contribution in [3.63, 3.8) is 0 Å². The molecule has 128 valence electrons. The quantitative estimate of drug-likeness (QED) is 0.608. The van der Waals surface area contributed by atoms with Gasteiger partial charge in [-0.05, 0) is 50.5 Å². The van der Waals surface area contributed by atoms with Crippen molar-refractivity contribution in [3.8, 4) is 0 Å². The van der Waals surface area contributed by atoms with Crippen molar-refractivity contribution in [2.24, 2.45) is 0 Å². The number of hydrogen-bond donors (Lipinski definition) is 0. The highest BCUT2D eigenvalue weighted by Gasteiger charge is 2.26. The molecule has 4 rings (SSSR count). The van der Waals surface area contributed by atoms with Crippen molar-refractivity contribution >= 4 is 39.2 Å². The predicted molar refractivity (Wildman–Crippen MR) is 99.8 cm³/mol. The summed E-state index contributed by atoms with van der Waals surface area (Å²) in [6.45, 7) is 3.11. The minimum Gasteiger partial charge on any atom is -0.339 e. The second-order valence-corrected chi connectivity index (χ2v) is 8.70. The fourth-order valence-corrected chi connectivity index (χ4v) is 6.18. The van der Waals surface area contributed by atoms with Crippen LogP contribution in [0.15, 0.2) is 11.4 Å². The summed E-state index contributed by atoms with van der Waals surface area (Å²) < 4.78 is 0. The molecular formula is C18H23N3OS2. The van der Waals surface area contributed by atoms with Crippen LogP contribution in [0.1, 0.15) is 49.5 Å². The van der Waals surface area contributed by atoms with E-state index < -0.39 is 0 Å². The molecule has 0 radical (unpaired) electrons. The number of likely N-dealkylation sites (tertiary alicyclic amines) is 1. The van der Waals surface area contributed by atoms with Gasteiger partial charge in [0.1, 0.15) is 16.2 Å². The summed E-state index contributed by atoms with van der Waals surface area (Å²) in [6.07, 6.45) is 9.80. The van der Waals surface area contributed by atoms with Gasteiger partial charge in [-0.15, -0.1) is 11.3 Å². The summed E-state index contributed by atoms with van der Waals surface area (Å²) in [7, 11) is 0. The van der Waals surface area contributed by atoms with Crippen LogP contribution in [-0.2, 0) is 17.6 Å². The number of carbonyl (C=O) groups excluding carboxylic acids is 1. The van der Waals surface area contributed by atoms with Crippen molar-refractivity contribution < 1.29 is 4.79 Å². The van der Waals surface area contributed by atoms with E-state index in [0.717, 1.165) is 42.1 Å². The number of amides is 1. The zero-order valence-electron chi connectivity index (χ0n) is 14.1. The number of carbonyl (C=O) groups is 1. The molecule has 24 heavy (non-hydrogen) atoms. The fourth-order valence-electron chi connectivity index (χ4n) is 3.98. The molecule has 3 heterocycles. The molecule has 4 nitrogen and oxygen atoms in total. The van der Waals surface area contributed by atoms with Gasteiger partial charge in [0.05, 0.1) is 5.75 Å². The van der Waals surface area contributed by atoms with Gasteiger partial charge in [-0.3, -0.25) is 4.79 Å². The summed E-state index contributed by atoms with van der Waals surface area (Å²) in [4.78, 5) is 26.3. The molecule has 1 aliphatic heterocycles. The van der Waals surface area contributed by atoms with E-state index >= 15 is 0 Å². The highest BCUT2D eigenvalue weighted by molar-refractivity contribution is 8.00. The Morgan fingerprint density at radius 2 is 2.25 bits per heavy atom. The molecule has 1 unspecified atom stereocenters. The van der Waals surface area contributed by atoms with Gasteiger partial charge in [-0.2, -0.15) is 0 Å². The molecule has 1 aliphatic carbocycles. The SMILES string of the molecule is CCC1CCCCN1C(=O)CSc1ncnc2sc3c(c12)CCC3. The molecule has 6 heteroatoms. The van der Waals surface area contributed by atoms with Crippen LogP contribution in [0.5, 0.6) is 0 Å². The second-order valence-electron chi connectivity index (χ2n) is 6.65. The van der Waals surface area contributed by atoms with Gasteiger partial charge in [0.25, 0.3) is 0 Å². The maximum atomic E-state index is 12.7. The van der Waals surface area contributed by atoms with Crippen LogP contribution in [0.25, 0.3) is 10.2 Å². The lowest BCUT2D eigenvalue weighted by Gasteiger charge is -2.35. The van der Waals surface area contributed by atoms with Crippen LogP contribution in [0, 0.1) is 0 Å². The van der Waals surface area contributed by atoms with E-state index in [1.165, 1.54) is 35.1 Å². The summed E-state index contributed by atoms with van der Waals surface area (Å²) in [5, 5.41) is 2.22. The van der Waals surface area contributed by atoms with E-state index in [-0.39, 0.29) is 5.91 Å². The van der Waals surface area contributed by atoms with Gasteiger partial charge in [0.2, 0.25) is 5.91 Å². The number of rotatable bonds is 4. The van der Waals surface area contributed by atoms with Crippen LogP contribution < -0.4 is 0 Å². The molecule has 0 saturated carbocycles. The average Bonchev–Trinajstić information content (AvgIpc) is 3.20. The largest absolute Gasteiger partial charge is 0.339 e. The van der Waals surface area contributed by atoms with E-state index in [0.29, 0.717) is 11.8 Å². The first-order valence-corrected chi connectivity index (χ1v) is 10.8. The highest BCUT2D eigenvalue weighted by atomic mass is 32.2. The number of thioether (sulfide) groups is 1. The zero-order valence-corrected chi connectivity index (χ0v) is 15.7. The zero-order chi connectivity index (χ0) is 16.5. The molecule has 0 bridgehead atoms. The second kappa shape index (κ2) is 7.00. The van der Waals surface area contributed by atoms with Crippen molar-refractivity contribution in [3.05, 3.63) is 16.8 Å². The average molecular weight is 362 g/mol. The fraction of sp³-hybridized carbons (Fsp3) is 0.611. The molecule has 1 saturated heterocycles. The smallest absolute Gasteiger partial charge is 0.233 e. The summed E-state index contributed by atoms with van der Waals surface area (Å²) in [5.74, 6) is 0.762. The molecule has 1 atom stereocenters. The maximum Gasteiger partial charge on any atom is 0.233 e. The molecule has 1 amide bonds. The van der Waals surface area contributed by atoms with Gasteiger partial charge < -0.3 is 4.90 Å². The normalized spacial score (nSPS) is 20.5. The third-order valence-electron chi connectivity index (χ3n) is 5.22. The number of piperidine rings is 1. The molecule has 2 aromatic heterocycles. The number of aryl methyl sites for hydroxylation is 2. The first-order valence-electron chi connectivity index (χ1n) is 8.95. The first-order chi connectivity index (χ1) is 11.8. The Bertz CT molecular complexity index is 758. The van der Waals surface area contributed by atoms with Crippen molar-refractivity contribution in [2.45, 2.75) is 62.9 Å². The number of fused-ring (bicyclic) bond motifs is 3. The van der Waals surface area contributed by atoms with Crippen LogP contribution in [-0.4, -0.2) is 39.1 Å². The Hall–Kier alpha value is -1.14. The first kappa shape index (κ1) is 16.3.